The number of nitrogens with zero attached hydrogens (tertiary/aromatic N) is 5. The number of fused-ring (bicyclic) bond motifs is 1. The van der Waals surface area contributed by atoms with E-state index >= 15 is 0 Å². The summed E-state index contributed by atoms with van der Waals surface area (Å²) in [5.74, 6) is 0.443. The SMILES string of the molecule is Cc1cccc(-n2nnnc2SCC(=O)N2CCc3ccccc3C2)c1C. The first-order valence-electron chi connectivity index (χ1n) is 8.96. The molecule has 2 aromatic carbocycles. The summed E-state index contributed by atoms with van der Waals surface area (Å²) in [4.78, 5) is 14.6. The van der Waals surface area contributed by atoms with Crippen molar-refractivity contribution >= 4 is 17.7 Å². The first-order valence-corrected chi connectivity index (χ1v) is 9.94. The highest BCUT2D eigenvalue weighted by atomic mass is 32.2. The van der Waals surface area contributed by atoms with E-state index in [0.29, 0.717) is 17.5 Å². The molecule has 0 unspecified atom stereocenters. The van der Waals surface area contributed by atoms with E-state index in [1.54, 1.807) is 4.68 Å². The Labute approximate surface area is 162 Å². The second-order valence-electron chi connectivity index (χ2n) is 6.71. The summed E-state index contributed by atoms with van der Waals surface area (Å²) in [6, 6.07) is 14.4. The molecule has 1 amide bonds. The Balaban J connectivity index is 1.45. The van der Waals surface area contributed by atoms with E-state index in [4.69, 9.17) is 0 Å². The average Bonchev–Trinajstić information content (AvgIpc) is 3.16. The first kappa shape index (κ1) is 17.7. The van der Waals surface area contributed by atoms with Gasteiger partial charge in [0.25, 0.3) is 0 Å². The van der Waals surface area contributed by atoms with Crippen LogP contribution in [0.25, 0.3) is 5.69 Å². The number of aromatic nitrogens is 4. The molecule has 0 aliphatic carbocycles. The fourth-order valence-electron chi connectivity index (χ4n) is 3.31. The summed E-state index contributed by atoms with van der Waals surface area (Å²) in [6.45, 7) is 5.56. The third-order valence-corrected chi connectivity index (χ3v) is 5.96. The smallest absolute Gasteiger partial charge is 0.233 e. The zero-order valence-corrected chi connectivity index (χ0v) is 16.2. The van der Waals surface area contributed by atoms with Crippen LogP contribution in [0.2, 0.25) is 0 Å². The zero-order chi connectivity index (χ0) is 18.8. The van der Waals surface area contributed by atoms with Gasteiger partial charge in [-0.3, -0.25) is 4.79 Å². The molecule has 3 aromatic rings. The summed E-state index contributed by atoms with van der Waals surface area (Å²) in [7, 11) is 0. The molecule has 27 heavy (non-hydrogen) atoms. The zero-order valence-electron chi connectivity index (χ0n) is 15.4. The number of carbonyl (C=O) groups excluding carboxylic acids is 1. The topological polar surface area (TPSA) is 63.9 Å². The van der Waals surface area contributed by atoms with Crippen molar-refractivity contribution in [1.29, 1.82) is 0 Å². The van der Waals surface area contributed by atoms with E-state index in [9.17, 15) is 4.79 Å². The van der Waals surface area contributed by atoms with Gasteiger partial charge in [0.15, 0.2) is 0 Å². The number of thioether (sulfide) groups is 1. The van der Waals surface area contributed by atoms with Crippen molar-refractivity contribution in [3.8, 4) is 5.69 Å². The van der Waals surface area contributed by atoms with Gasteiger partial charge in [0.1, 0.15) is 0 Å². The lowest BCUT2D eigenvalue weighted by Crippen LogP contribution is -2.37. The lowest BCUT2D eigenvalue weighted by Gasteiger charge is -2.28. The van der Waals surface area contributed by atoms with Gasteiger partial charge in [0.2, 0.25) is 11.1 Å². The van der Waals surface area contributed by atoms with Gasteiger partial charge in [-0.05, 0) is 59.0 Å². The number of hydrogen-bond donors (Lipinski definition) is 0. The van der Waals surface area contributed by atoms with Crippen molar-refractivity contribution < 1.29 is 4.79 Å². The molecule has 4 rings (SSSR count). The van der Waals surface area contributed by atoms with Crippen molar-refractivity contribution in [1.82, 2.24) is 25.1 Å². The van der Waals surface area contributed by atoms with E-state index in [1.807, 2.05) is 23.1 Å². The lowest BCUT2D eigenvalue weighted by atomic mass is 10.00. The molecule has 138 valence electrons. The summed E-state index contributed by atoms with van der Waals surface area (Å²) in [5, 5.41) is 12.7. The largest absolute Gasteiger partial charge is 0.337 e. The number of carbonyl (C=O) groups is 1. The van der Waals surface area contributed by atoms with Crippen LogP contribution in [-0.2, 0) is 17.8 Å². The van der Waals surface area contributed by atoms with Crippen LogP contribution in [0, 0.1) is 13.8 Å². The van der Waals surface area contributed by atoms with Gasteiger partial charge in [0, 0.05) is 13.1 Å². The van der Waals surface area contributed by atoms with E-state index in [0.717, 1.165) is 24.2 Å². The Hall–Kier alpha value is -2.67. The highest BCUT2D eigenvalue weighted by Gasteiger charge is 2.21. The summed E-state index contributed by atoms with van der Waals surface area (Å²) in [5.41, 5.74) is 5.84. The number of aryl methyl sites for hydroxylation is 1. The molecule has 0 atom stereocenters. The van der Waals surface area contributed by atoms with Gasteiger partial charge in [-0.2, -0.15) is 4.68 Å². The van der Waals surface area contributed by atoms with Crippen LogP contribution in [0.15, 0.2) is 47.6 Å². The van der Waals surface area contributed by atoms with Crippen LogP contribution in [0.1, 0.15) is 22.3 Å². The number of rotatable bonds is 4. The maximum Gasteiger partial charge on any atom is 0.233 e. The minimum absolute atomic E-state index is 0.116. The molecule has 6 nitrogen and oxygen atoms in total. The third-order valence-electron chi connectivity index (χ3n) is 5.05. The Kier molecular flexibility index (Phi) is 4.94. The molecule has 0 saturated heterocycles. The highest BCUT2D eigenvalue weighted by Crippen LogP contribution is 2.24. The van der Waals surface area contributed by atoms with Crippen molar-refractivity contribution in [2.45, 2.75) is 32.0 Å². The Bertz CT molecular complexity index is 984. The predicted molar refractivity (Wildman–Crippen MR) is 105 cm³/mol. The van der Waals surface area contributed by atoms with E-state index in [2.05, 4.69) is 53.6 Å². The van der Waals surface area contributed by atoms with Gasteiger partial charge in [-0.15, -0.1) is 5.10 Å². The molecular weight excluding hydrogens is 358 g/mol. The summed E-state index contributed by atoms with van der Waals surface area (Å²) in [6.07, 6.45) is 0.910. The summed E-state index contributed by atoms with van der Waals surface area (Å²) >= 11 is 1.38. The average molecular weight is 379 g/mol. The van der Waals surface area contributed by atoms with Gasteiger partial charge < -0.3 is 4.90 Å². The maximum absolute atomic E-state index is 12.7. The molecule has 1 aliphatic rings. The molecule has 0 radical (unpaired) electrons. The van der Waals surface area contributed by atoms with E-state index in [-0.39, 0.29) is 5.91 Å². The normalized spacial score (nSPS) is 13.5. The fraction of sp³-hybridized carbons (Fsp3) is 0.300. The van der Waals surface area contributed by atoms with Crippen molar-refractivity contribution in [2.75, 3.05) is 12.3 Å². The monoisotopic (exact) mass is 379 g/mol. The van der Waals surface area contributed by atoms with Gasteiger partial charge >= 0.3 is 0 Å². The molecule has 0 spiro atoms. The van der Waals surface area contributed by atoms with Crippen LogP contribution in [0.5, 0.6) is 0 Å². The molecule has 7 heteroatoms. The predicted octanol–water partition coefficient (Wildman–Crippen LogP) is 2.96. The number of benzene rings is 2. The number of tetrazole rings is 1. The van der Waals surface area contributed by atoms with Gasteiger partial charge in [0.05, 0.1) is 11.4 Å². The van der Waals surface area contributed by atoms with Crippen LogP contribution < -0.4 is 0 Å². The molecule has 0 bridgehead atoms. The van der Waals surface area contributed by atoms with Crippen LogP contribution in [0.4, 0.5) is 0 Å². The standard InChI is InChI=1S/C20H21N5OS/c1-14-6-5-9-18(15(14)2)25-20(21-22-23-25)27-13-19(26)24-11-10-16-7-3-4-8-17(16)12-24/h3-9H,10-13H2,1-2H3. The molecule has 0 N–H and O–H groups in total. The van der Waals surface area contributed by atoms with Crippen LogP contribution in [0.3, 0.4) is 0 Å². The van der Waals surface area contributed by atoms with Crippen molar-refractivity contribution in [3.05, 3.63) is 64.7 Å². The van der Waals surface area contributed by atoms with Crippen molar-refractivity contribution in [2.24, 2.45) is 0 Å². The first-order chi connectivity index (χ1) is 13.1. The molecule has 1 aromatic heterocycles. The minimum atomic E-state index is 0.116. The van der Waals surface area contributed by atoms with Gasteiger partial charge in [-0.1, -0.05) is 48.2 Å². The van der Waals surface area contributed by atoms with Gasteiger partial charge in [-0.25, -0.2) is 0 Å². The second-order valence-corrected chi connectivity index (χ2v) is 7.66. The molecule has 0 fully saturated rings. The number of hydrogen-bond acceptors (Lipinski definition) is 5. The maximum atomic E-state index is 12.7. The highest BCUT2D eigenvalue weighted by molar-refractivity contribution is 7.99. The molecule has 0 saturated carbocycles. The van der Waals surface area contributed by atoms with E-state index < -0.39 is 0 Å². The summed E-state index contributed by atoms with van der Waals surface area (Å²) < 4.78 is 1.71. The quantitative estimate of drug-likeness (QED) is 0.652. The van der Waals surface area contributed by atoms with Crippen molar-refractivity contribution in [3.63, 3.8) is 0 Å². The Morgan fingerprint density at radius 3 is 2.78 bits per heavy atom. The minimum Gasteiger partial charge on any atom is -0.337 e. The van der Waals surface area contributed by atoms with Crippen LogP contribution >= 0.6 is 11.8 Å². The fourth-order valence-corrected chi connectivity index (χ4v) is 4.10. The van der Waals surface area contributed by atoms with Crippen LogP contribution in [-0.4, -0.2) is 43.3 Å². The lowest BCUT2D eigenvalue weighted by molar-refractivity contribution is -0.129. The number of amides is 1. The Morgan fingerprint density at radius 1 is 1.11 bits per heavy atom. The molecular formula is C20H21N5OS. The Morgan fingerprint density at radius 2 is 1.93 bits per heavy atom. The third kappa shape index (κ3) is 3.60. The molecule has 1 aliphatic heterocycles. The molecule has 2 heterocycles. The van der Waals surface area contributed by atoms with E-state index in [1.165, 1.54) is 28.5 Å². The second kappa shape index (κ2) is 7.52.